The number of fused-ring (bicyclic) bond motifs is 1. The lowest BCUT2D eigenvalue weighted by Crippen LogP contribution is -1.81. The molecule has 0 radical (unpaired) electrons. The third-order valence-electron chi connectivity index (χ3n) is 1.41. The van der Waals surface area contributed by atoms with Crippen molar-refractivity contribution in [1.29, 1.82) is 0 Å². The van der Waals surface area contributed by atoms with Crippen LogP contribution in [0.1, 0.15) is 5.69 Å². The summed E-state index contributed by atoms with van der Waals surface area (Å²) in [6.45, 7) is 1.91. The minimum atomic E-state index is 0.658. The van der Waals surface area contributed by atoms with Crippen LogP contribution in [0.15, 0.2) is 10.8 Å². The molecule has 2 aromatic heterocycles. The zero-order valence-corrected chi connectivity index (χ0v) is 7.38. The maximum atomic E-state index is 4.20. The summed E-state index contributed by atoms with van der Waals surface area (Å²) in [7, 11) is 0. The van der Waals surface area contributed by atoms with E-state index in [4.69, 9.17) is 0 Å². The molecule has 2 aromatic rings. The van der Waals surface area contributed by atoms with Gasteiger partial charge in [-0.1, -0.05) is 0 Å². The van der Waals surface area contributed by atoms with Crippen molar-refractivity contribution in [2.75, 3.05) is 0 Å². The van der Waals surface area contributed by atoms with Crippen LogP contribution in [-0.2, 0) is 0 Å². The monoisotopic (exact) mass is 212 g/mol. The van der Waals surface area contributed by atoms with Crippen molar-refractivity contribution in [3.05, 3.63) is 16.5 Å². The molecule has 1 N–H and O–H groups in total. The molecule has 0 atom stereocenters. The summed E-state index contributed by atoms with van der Waals surface area (Å²) in [5.41, 5.74) is 2.42. The van der Waals surface area contributed by atoms with Gasteiger partial charge in [-0.15, -0.1) is 0 Å². The van der Waals surface area contributed by atoms with E-state index in [0.29, 0.717) is 5.65 Å². The molecule has 0 saturated carbocycles. The number of nitrogens with one attached hydrogen (secondary N) is 1. The number of hydrogen-bond acceptors (Lipinski definition) is 3. The fourth-order valence-electron chi connectivity index (χ4n) is 0.884. The van der Waals surface area contributed by atoms with Gasteiger partial charge in [-0.05, 0) is 22.9 Å². The summed E-state index contributed by atoms with van der Waals surface area (Å²) in [5, 5.41) is 6.75. The first-order chi connectivity index (χ1) is 5.27. The molecule has 0 unspecified atom stereocenters. The van der Waals surface area contributed by atoms with Crippen molar-refractivity contribution < 1.29 is 0 Å². The highest BCUT2D eigenvalue weighted by Gasteiger charge is 2.02. The maximum absolute atomic E-state index is 4.20. The molecule has 0 bridgehead atoms. The Labute approximate surface area is 71.2 Å². The van der Waals surface area contributed by atoms with Gasteiger partial charge in [0.2, 0.25) is 0 Å². The molecule has 5 heteroatoms. The lowest BCUT2D eigenvalue weighted by atomic mass is 10.4. The van der Waals surface area contributed by atoms with E-state index < -0.39 is 0 Å². The Morgan fingerprint density at radius 1 is 1.55 bits per heavy atom. The van der Waals surface area contributed by atoms with Crippen molar-refractivity contribution in [2.45, 2.75) is 6.92 Å². The van der Waals surface area contributed by atoms with Gasteiger partial charge in [0.1, 0.15) is 10.1 Å². The predicted octanol–water partition coefficient (Wildman–Crippen LogP) is 1.42. The van der Waals surface area contributed by atoms with Crippen LogP contribution < -0.4 is 0 Å². The third-order valence-corrected chi connectivity index (χ3v) is 1.79. The number of H-pyrrole nitrogens is 1. The average Bonchev–Trinajstić information content (AvgIpc) is 2.33. The first kappa shape index (κ1) is 6.72. The third kappa shape index (κ3) is 1.01. The minimum absolute atomic E-state index is 0.658. The summed E-state index contributed by atoms with van der Waals surface area (Å²) in [6, 6.07) is 0. The van der Waals surface area contributed by atoms with Gasteiger partial charge in [-0.3, -0.25) is 5.10 Å². The Bertz CT molecular complexity index is 394. The van der Waals surface area contributed by atoms with E-state index in [1.54, 1.807) is 6.20 Å². The Morgan fingerprint density at radius 3 is 3.18 bits per heavy atom. The van der Waals surface area contributed by atoms with E-state index in [1.165, 1.54) is 0 Å². The van der Waals surface area contributed by atoms with Crippen LogP contribution in [0.5, 0.6) is 0 Å². The number of nitrogens with zero attached hydrogens (tertiary/aromatic N) is 3. The van der Waals surface area contributed by atoms with Gasteiger partial charge in [0, 0.05) is 0 Å². The van der Waals surface area contributed by atoms with Crippen molar-refractivity contribution in [3.8, 4) is 0 Å². The van der Waals surface area contributed by atoms with Crippen LogP contribution in [0.4, 0.5) is 0 Å². The predicted molar refractivity (Wildman–Crippen MR) is 44.1 cm³/mol. The number of rotatable bonds is 0. The molecular formula is C6H5BrN4. The number of hydrogen-bond donors (Lipinski definition) is 1. The van der Waals surface area contributed by atoms with E-state index in [9.17, 15) is 0 Å². The molecule has 0 spiro atoms. The molecule has 11 heavy (non-hydrogen) atoms. The second-order valence-corrected chi connectivity index (χ2v) is 3.03. The lowest BCUT2D eigenvalue weighted by Gasteiger charge is -1.88. The van der Waals surface area contributed by atoms with Gasteiger partial charge in [-0.2, -0.15) is 5.10 Å². The van der Waals surface area contributed by atoms with E-state index in [1.807, 2.05) is 6.92 Å². The van der Waals surface area contributed by atoms with Gasteiger partial charge >= 0.3 is 0 Å². The summed E-state index contributed by atoms with van der Waals surface area (Å²) in [4.78, 5) is 8.25. The second-order valence-electron chi connectivity index (χ2n) is 2.21. The Hall–Kier alpha value is -0.970. The minimum Gasteiger partial charge on any atom is -0.278 e. The normalized spacial score (nSPS) is 10.7. The maximum Gasteiger partial charge on any atom is 0.199 e. The molecule has 0 fully saturated rings. The van der Waals surface area contributed by atoms with E-state index in [0.717, 1.165) is 15.8 Å². The van der Waals surface area contributed by atoms with Crippen LogP contribution in [0, 0.1) is 6.92 Å². The van der Waals surface area contributed by atoms with Crippen LogP contribution in [0.25, 0.3) is 11.2 Å². The van der Waals surface area contributed by atoms with Crippen molar-refractivity contribution in [1.82, 2.24) is 20.2 Å². The number of aromatic nitrogens is 4. The van der Waals surface area contributed by atoms with Crippen molar-refractivity contribution in [3.63, 3.8) is 0 Å². The van der Waals surface area contributed by atoms with Gasteiger partial charge in [-0.25, -0.2) is 9.97 Å². The van der Waals surface area contributed by atoms with Crippen molar-refractivity contribution >= 4 is 27.1 Å². The van der Waals surface area contributed by atoms with Gasteiger partial charge in [0.15, 0.2) is 5.65 Å². The number of halogens is 1. The summed E-state index contributed by atoms with van der Waals surface area (Å²) in [6.07, 6.45) is 1.63. The lowest BCUT2D eigenvalue weighted by molar-refractivity contribution is 1.05. The molecule has 2 rings (SSSR count). The smallest absolute Gasteiger partial charge is 0.199 e. The number of aromatic amines is 1. The molecular weight excluding hydrogens is 208 g/mol. The van der Waals surface area contributed by atoms with Crippen LogP contribution in [0.2, 0.25) is 0 Å². The molecule has 0 aliphatic heterocycles. The van der Waals surface area contributed by atoms with E-state index in [-0.39, 0.29) is 0 Å². The standard InChI is InChI=1S/C6H5BrN4/c1-3-5-6(11-10-3)8-2-4(7)9-5/h2H,1H3,(H,8,10,11). The zero-order chi connectivity index (χ0) is 7.84. The summed E-state index contributed by atoms with van der Waals surface area (Å²) in [5.74, 6) is 0. The van der Waals surface area contributed by atoms with Crippen LogP contribution in [-0.4, -0.2) is 20.2 Å². The molecule has 4 nitrogen and oxygen atoms in total. The molecule has 0 saturated heterocycles. The molecule has 0 amide bonds. The molecule has 0 aromatic carbocycles. The van der Waals surface area contributed by atoms with E-state index in [2.05, 4.69) is 36.1 Å². The largest absolute Gasteiger partial charge is 0.278 e. The summed E-state index contributed by atoms with van der Waals surface area (Å²) < 4.78 is 0.731. The highest BCUT2D eigenvalue weighted by molar-refractivity contribution is 9.10. The topological polar surface area (TPSA) is 54.5 Å². The Balaban J connectivity index is 2.87. The second kappa shape index (κ2) is 2.27. The Morgan fingerprint density at radius 2 is 2.36 bits per heavy atom. The fourth-order valence-corrected chi connectivity index (χ4v) is 1.16. The quantitative estimate of drug-likeness (QED) is 0.719. The summed E-state index contributed by atoms with van der Waals surface area (Å²) >= 11 is 3.24. The first-order valence-corrected chi connectivity index (χ1v) is 3.90. The highest BCUT2D eigenvalue weighted by Crippen LogP contribution is 2.12. The molecule has 0 aliphatic carbocycles. The SMILES string of the molecule is Cc1[nH]nc2ncc(Br)nc12. The molecule has 2 heterocycles. The molecule has 0 aliphatic rings. The van der Waals surface area contributed by atoms with Gasteiger partial charge < -0.3 is 0 Å². The average molecular weight is 213 g/mol. The van der Waals surface area contributed by atoms with Crippen molar-refractivity contribution in [2.24, 2.45) is 0 Å². The van der Waals surface area contributed by atoms with Gasteiger partial charge in [0.25, 0.3) is 0 Å². The van der Waals surface area contributed by atoms with Crippen LogP contribution in [0.3, 0.4) is 0 Å². The first-order valence-electron chi connectivity index (χ1n) is 3.10. The Kier molecular flexibility index (Phi) is 1.38. The highest BCUT2D eigenvalue weighted by atomic mass is 79.9. The molecule has 56 valence electrons. The van der Waals surface area contributed by atoms with E-state index >= 15 is 0 Å². The van der Waals surface area contributed by atoms with Crippen LogP contribution >= 0.6 is 15.9 Å². The zero-order valence-electron chi connectivity index (χ0n) is 5.80. The number of aryl methyl sites for hydroxylation is 1. The van der Waals surface area contributed by atoms with Gasteiger partial charge in [0.05, 0.1) is 11.9 Å². The fraction of sp³-hybridized carbons (Fsp3) is 0.167.